The third-order valence-corrected chi connectivity index (χ3v) is 10.1. The zero-order chi connectivity index (χ0) is 36.4. The van der Waals surface area contributed by atoms with Gasteiger partial charge in [0, 0.05) is 58.8 Å². The molecular formula is C40H47IrN3S-2. The van der Waals surface area contributed by atoms with Gasteiger partial charge in [-0.2, -0.15) is 30.1 Å². The Hall–Kier alpha value is -2.72. The molecule has 1 fully saturated rings. The molecule has 4 aliphatic rings. The van der Waals surface area contributed by atoms with Gasteiger partial charge in [-0.15, -0.1) is 6.08 Å². The summed E-state index contributed by atoms with van der Waals surface area (Å²) in [4.78, 5) is 13.5. The maximum Gasteiger partial charge on any atom is 0.0823 e. The number of hydrogen-bond donors (Lipinski definition) is 0. The van der Waals surface area contributed by atoms with E-state index in [1.807, 2.05) is 31.7 Å². The molecule has 0 spiro atoms. The summed E-state index contributed by atoms with van der Waals surface area (Å²) in [5.41, 5.74) is 5.80. The smallest absolute Gasteiger partial charge is 0.0823 e. The number of pyridine rings is 2. The van der Waals surface area contributed by atoms with Crippen LogP contribution in [0, 0.1) is 12.8 Å². The van der Waals surface area contributed by atoms with E-state index in [2.05, 4.69) is 42.4 Å². The molecule has 3 nitrogen and oxygen atoms in total. The van der Waals surface area contributed by atoms with Crippen molar-refractivity contribution < 1.29 is 29.7 Å². The summed E-state index contributed by atoms with van der Waals surface area (Å²) in [5, 5.41) is 2.42. The van der Waals surface area contributed by atoms with Gasteiger partial charge in [0.2, 0.25) is 0 Å². The van der Waals surface area contributed by atoms with Crippen molar-refractivity contribution in [1.82, 2.24) is 9.97 Å². The Morgan fingerprint density at radius 1 is 1.16 bits per heavy atom. The van der Waals surface area contributed by atoms with Gasteiger partial charge in [0.15, 0.2) is 0 Å². The van der Waals surface area contributed by atoms with Gasteiger partial charge in [-0.3, -0.25) is 4.98 Å². The number of fused-ring (bicyclic) bond motifs is 3. The van der Waals surface area contributed by atoms with E-state index in [0.29, 0.717) is 29.3 Å². The van der Waals surface area contributed by atoms with Crippen LogP contribution in [0.3, 0.4) is 0 Å². The first-order chi connectivity index (χ1) is 24.4. The zero-order valence-corrected chi connectivity index (χ0v) is 29.7. The summed E-state index contributed by atoms with van der Waals surface area (Å²) in [5.74, 6) is -0.341. The summed E-state index contributed by atoms with van der Waals surface area (Å²) in [7, 11) is 0. The Kier molecular flexibility index (Phi) is 9.14. The minimum absolute atomic E-state index is 0. The molecule has 3 aliphatic carbocycles. The number of rotatable bonds is 7. The van der Waals surface area contributed by atoms with E-state index < -0.39 is 18.7 Å². The average molecular weight is 801 g/mol. The fourth-order valence-corrected chi connectivity index (χ4v) is 7.55. The average Bonchev–Trinajstić information content (AvgIpc) is 3.53. The quantitative estimate of drug-likeness (QED) is 0.223. The number of hydrogen-bond acceptors (Lipinski definition) is 4. The Balaban J connectivity index is 0.000000205. The van der Waals surface area contributed by atoms with E-state index in [1.165, 1.54) is 58.7 Å². The molecule has 3 unspecified atom stereocenters. The van der Waals surface area contributed by atoms with Gasteiger partial charge >= 0.3 is 0 Å². The van der Waals surface area contributed by atoms with Crippen molar-refractivity contribution in [3.63, 3.8) is 0 Å². The SMILES string of the molecule is [2H]C1=C([2H])C([2H])C([2H])C(C2=c3sc4ccnc(C5CCCCC5)c4c3=CC[CH-]2)=N1.[2H]c1c(C([2H])(C)CCCC)cnc(C2=CC=C(C)C[CH-]2)c1[2H].[Ir]. The molecule has 5 heteroatoms. The topological polar surface area (TPSA) is 38.1 Å². The molecule has 0 N–H and O–H groups in total. The molecule has 239 valence electrons. The summed E-state index contributed by atoms with van der Waals surface area (Å²) in [6.07, 6.45) is 22.2. The molecule has 0 bridgehead atoms. The van der Waals surface area contributed by atoms with Crippen LogP contribution in [-0.2, 0) is 20.1 Å². The molecule has 1 saturated carbocycles. The minimum atomic E-state index is -1.06. The van der Waals surface area contributed by atoms with Gasteiger partial charge in [0.25, 0.3) is 0 Å². The molecule has 3 atom stereocenters. The molecule has 7 rings (SSSR count). The number of thiophene rings is 1. The van der Waals surface area contributed by atoms with E-state index in [1.54, 1.807) is 17.5 Å². The predicted octanol–water partition coefficient (Wildman–Crippen LogP) is 9.94. The molecule has 0 saturated heterocycles. The normalized spacial score (nSPS) is 25.1. The van der Waals surface area contributed by atoms with Crippen molar-refractivity contribution in [1.29, 1.82) is 0 Å². The monoisotopic (exact) mass is 801 g/mol. The molecule has 45 heavy (non-hydrogen) atoms. The van der Waals surface area contributed by atoms with E-state index >= 15 is 0 Å². The Bertz CT molecular complexity index is 2060. The number of aliphatic imine (C=N–C) groups is 1. The van der Waals surface area contributed by atoms with E-state index in [9.17, 15) is 0 Å². The van der Waals surface area contributed by atoms with Crippen LogP contribution in [0.1, 0.15) is 136 Å². The summed E-state index contributed by atoms with van der Waals surface area (Å²) < 4.78 is 59.7. The molecular weight excluding hydrogens is 747 g/mol. The van der Waals surface area contributed by atoms with E-state index in [4.69, 9.17) is 14.6 Å². The van der Waals surface area contributed by atoms with Crippen molar-refractivity contribution in [2.45, 2.75) is 110 Å². The van der Waals surface area contributed by atoms with E-state index in [-0.39, 0.29) is 44.4 Å². The van der Waals surface area contributed by atoms with Crippen molar-refractivity contribution in [3.05, 3.63) is 100 Å². The Labute approximate surface area is 297 Å². The van der Waals surface area contributed by atoms with Gasteiger partial charge in [0.05, 0.1) is 11.2 Å². The van der Waals surface area contributed by atoms with Gasteiger partial charge in [-0.25, -0.2) is 11.3 Å². The van der Waals surface area contributed by atoms with Crippen molar-refractivity contribution >= 4 is 44.4 Å². The van der Waals surface area contributed by atoms with Crippen LogP contribution in [-0.4, -0.2) is 15.7 Å². The second-order valence-electron chi connectivity index (χ2n) is 12.1. The second kappa shape index (κ2) is 16.2. The third kappa shape index (κ3) is 7.99. The van der Waals surface area contributed by atoms with Crippen LogP contribution >= 0.6 is 11.3 Å². The van der Waals surface area contributed by atoms with Crippen LogP contribution < -0.4 is 9.75 Å². The maximum absolute atomic E-state index is 8.47. The maximum atomic E-state index is 8.47. The molecule has 4 heterocycles. The van der Waals surface area contributed by atoms with Crippen LogP contribution in [0.2, 0.25) is 0 Å². The Morgan fingerprint density at radius 3 is 2.82 bits per heavy atom. The number of nitrogens with zero attached hydrogens (tertiary/aromatic N) is 3. The minimum Gasteiger partial charge on any atom is -0.325 e. The van der Waals surface area contributed by atoms with Gasteiger partial charge in [0.1, 0.15) is 0 Å². The molecule has 0 amide bonds. The van der Waals surface area contributed by atoms with Crippen LogP contribution in [0.15, 0.2) is 65.5 Å². The molecule has 1 radical (unpaired) electrons. The third-order valence-electron chi connectivity index (χ3n) is 8.86. The van der Waals surface area contributed by atoms with Crippen molar-refractivity contribution in [2.24, 2.45) is 4.99 Å². The summed E-state index contributed by atoms with van der Waals surface area (Å²) in [6, 6.07) is 2.17. The second-order valence-corrected chi connectivity index (χ2v) is 13.1. The predicted molar refractivity (Wildman–Crippen MR) is 190 cm³/mol. The molecule has 3 aromatic heterocycles. The first-order valence-electron chi connectivity index (χ1n) is 19.8. The zero-order valence-electron chi connectivity index (χ0n) is 33.5. The molecule has 3 aromatic rings. The van der Waals surface area contributed by atoms with Crippen LogP contribution in [0.5, 0.6) is 0 Å². The van der Waals surface area contributed by atoms with Gasteiger partial charge in [-0.05, 0) is 55.8 Å². The first-order valence-corrected chi connectivity index (χ1v) is 17.0. The first kappa shape index (κ1) is 25.4. The van der Waals surface area contributed by atoms with Crippen molar-refractivity contribution in [3.8, 4) is 0 Å². The van der Waals surface area contributed by atoms with E-state index in [0.717, 1.165) is 41.4 Å². The fraction of sp³-hybridized carbons (Fsp3) is 0.425. The Morgan fingerprint density at radius 2 is 2.02 bits per heavy atom. The summed E-state index contributed by atoms with van der Waals surface area (Å²) >= 11 is 1.70. The largest absolute Gasteiger partial charge is 0.325 e. The standard InChI is InChI=1S/C22H23N2S.C18H24N.Ir/c1-2-7-15(8-3-1)21-20-17-10-6-9-16(18-11-4-5-13-23-18)22(17)25-19(20)12-14-24-21;1-4-5-6-15(3)17-11-12-18(19-13-17)16-9-7-14(2)8-10-16;/h5,9-10,12-15H,1-4,6-8,11H2;7,9-13,15H,4-6,8H2,1-3H3;/q2*-1;/i4D,5D,11D,13D;11D,12D,15D;. The van der Waals surface area contributed by atoms with Crippen molar-refractivity contribution in [2.75, 3.05) is 0 Å². The molecule has 0 aromatic carbocycles. The number of allylic oxidation sites excluding steroid dienone is 5. The van der Waals surface area contributed by atoms with Gasteiger partial charge in [-0.1, -0.05) is 110 Å². The summed E-state index contributed by atoms with van der Waals surface area (Å²) in [6.45, 7) is 5.97. The molecule has 1 aliphatic heterocycles. The van der Waals surface area contributed by atoms with Crippen LogP contribution in [0.4, 0.5) is 0 Å². The van der Waals surface area contributed by atoms with Gasteiger partial charge < -0.3 is 9.98 Å². The number of aromatic nitrogens is 2. The fourth-order valence-electron chi connectivity index (χ4n) is 6.29. The number of unbranched alkanes of at least 4 members (excludes halogenated alkanes) is 1. The van der Waals surface area contributed by atoms with Crippen LogP contribution in [0.25, 0.3) is 27.3 Å².